The molecule has 0 radical (unpaired) electrons. The Hall–Kier alpha value is -2.40. The quantitative estimate of drug-likeness (QED) is 0.298. The van der Waals surface area contributed by atoms with Crippen LogP contribution >= 0.6 is 24.0 Å². The Morgan fingerprint density at radius 1 is 1.06 bits per heavy atom. The van der Waals surface area contributed by atoms with Gasteiger partial charge in [-0.05, 0) is 49.2 Å². The Morgan fingerprint density at radius 3 is 2.38 bits per heavy atom. The maximum Gasteiger partial charge on any atom is 0.303 e. The highest BCUT2D eigenvalue weighted by molar-refractivity contribution is 7.89. The number of sulfonamides is 1. The Morgan fingerprint density at radius 2 is 1.74 bits per heavy atom. The molecule has 0 aliphatic heterocycles. The maximum atomic E-state index is 12.8. The molecule has 1 amide bonds. The zero-order valence-electron chi connectivity index (χ0n) is 18.5. The third-order valence-corrected chi connectivity index (χ3v) is 6.40. The smallest absolute Gasteiger partial charge is 0.303 e. The molecular weight excluding hydrogens is 505 g/mol. The first kappa shape index (κ1) is 29.6. The van der Waals surface area contributed by atoms with Gasteiger partial charge in [0.05, 0.1) is 11.1 Å². The summed E-state index contributed by atoms with van der Waals surface area (Å²) in [6.45, 7) is 0.142. The van der Waals surface area contributed by atoms with Crippen LogP contribution in [0.4, 0.5) is 0 Å². The van der Waals surface area contributed by atoms with Gasteiger partial charge in [-0.3, -0.25) is 14.6 Å². The molecule has 34 heavy (non-hydrogen) atoms. The van der Waals surface area contributed by atoms with Crippen LogP contribution in [0.5, 0.6) is 5.75 Å². The van der Waals surface area contributed by atoms with E-state index in [2.05, 4.69) is 15.0 Å². The van der Waals surface area contributed by atoms with Gasteiger partial charge < -0.3 is 15.2 Å². The van der Waals surface area contributed by atoms with Gasteiger partial charge >= 0.3 is 5.97 Å². The molecule has 0 saturated carbocycles. The van der Waals surface area contributed by atoms with Crippen molar-refractivity contribution in [2.75, 3.05) is 13.2 Å². The van der Waals surface area contributed by atoms with Gasteiger partial charge in [0, 0.05) is 24.2 Å². The third kappa shape index (κ3) is 11.1. The van der Waals surface area contributed by atoms with Crippen molar-refractivity contribution in [3.63, 3.8) is 0 Å². The monoisotopic (exact) mass is 533 g/mol. The minimum absolute atomic E-state index is 0. The minimum Gasteiger partial charge on any atom is -0.490 e. The number of nitrogens with zero attached hydrogens (tertiary/aromatic N) is 1. The number of hydrogen-bond donors (Lipinski definition) is 3. The Labute approximate surface area is 210 Å². The number of carboxylic acid groups (broad SMARTS) is 1. The van der Waals surface area contributed by atoms with Gasteiger partial charge in [0.2, 0.25) is 15.9 Å². The lowest BCUT2D eigenvalue weighted by Gasteiger charge is -2.19. The number of ether oxygens (including phenoxy) is 1. The van der Waals surface area contributed by atoms with Crippen molar-refractivity contribution in [1.29, 1.82) is 0 Å². The summed E-state index contributed by atoms with van der Waals surface area (Å²) in [4.78, 5) is 27.1. The third-order valence-electron chi connectivity index (χ3n) is 4.66. The summed E-state index contributed by atoms with van der Waals surface area (Å²) < 4.78 is 33.5. The van der Waals surface area contributed by atoms with Crippen molar-refractivity contribution in [1.82, 2.24) is 15.0 Å². The molecule has 1 atom stereocenters. The second-order valence-electron chi connectivity index (χ2n) is 7.33. The first-order valence-corrected chi connectivity index (χ1v) is 12.4. The van der Waals surface area contributed by atoms with Crippen LogP contribution in [-0.4, -0.2) is 49.6 Å². The van der Waals surface area contributed by atoms with Crippen LogP contribution in [-0.2, 0) is 19.6 Å². The highest BCUT2D eigenvalue weighted by Crippen LogP contribution is 2.15. The number of aromatic nitrogens is 1. The zero-order valence-corrected chi connectivity index (χ0v) is 20.9. The lowest BCUT2D eigenvalue weighted by atomic mass is 10.1. The number of aliphatic carboxylic acids is 1. The largest absolute Gasteiger partial charge is 0.490 e. The minimum atomic E-state index is -3.99. The van der Waals surface area contributed by atoms with Crippen LogP contribution in [0.15, 0.2) is 53.7 Å². The van der Waals surface area contributed by atoms with E-state index in [9.17, 15) is 18.0 Å². The number of benzene rings is 1. The van der Waals surface area contributed by atoms with Crippen LogP contribution in [0.25, 0.3) is 0 Å². The van der Waals surface area contributed by atoms with E-state index in [-0.39, 0.29) is 30.3 Å². The van der Waals surface area contributed by atoms with Gasteiger partial charge in [-0.25, -0.2) is 8.42 Å². The molecule has 12 heteroatoms. The number of amides is 1. The SMILES string of the molecule is Cl.O=C(O)CCCCCCCNC(=O)C(COc1cccnc1)NS(=O)(=O)c1ccc(Cl)cc1. The van der Waals surface area contributed by atoms with E-state index in [0.717, 1.165) is 19.3 Å². The molecule has 0 spiro atoms. The number of halogens is 2. The van der Waals surface area contributed by atoms with Gasteiger partial charge in [0.15, 0.2) is 0 Å². The lowest BCUT2D eigenvalue weighted by Crippen LogP contribution is -2.50. The molecule has 1 aromatic carbocycles. The van der Waals surface area contributed by atoms with Gasteiger partial charge in [-0.15, -0.1) is 12.4 Å². The molecule has 0 bridgehead atoms. The van der Waals surface area contributed by atoms with Crippen LogP contribution in [0.2, 0.25) is 5.02 Å². The lowest BCUT2D eigenvalue weighted by molar-refractivity contribution is -0.137. The van der Waals surface area contributed by atoms with Crippen molar-refractivity contribution < 1.29 is 27.9 Å². The zero-order chi connectivity index (χ0) is 24.1. The average molecular weight is 534 g/mol. The summed E-state index contributed by atoms with van der Waals surface area (Å²) in [6.07, 6.45) is 7.01. The fourth-order valence-corrected chi connectivity index (χ4v) is 4.22. The second kappa shape index (κ2) is 15.5. The van der Waals surface area contributed by atoms with Crippen LogP contribution < -0.4 is 14.8 Å². The predicted octanol–water partition coefficient (Wildman–Crippen LogP) is 3.42. The van der Waals surface area contributed by atoms with E-state index >= 15 is 0 Å². The Balaban J connectivity index is 0.00000578. The maximum absolute atomic E-state index is 12.8. The number of carboxylic acids is 1. The van der Waals surface area contributed by atoms with E-state index in [1.54, 1.807) is 18.3 Å². The summed E-state index contributed by atoms with van der Waals surface area (Å²) in [5.74, 6) is -0.910. The van der Waals surface area contributed by atoms with E-state index < -0.39 is 27.9 Å². The van der Waals surface area contributed by atoms with Crippen molar-refractivity contribution in [2.24, 2.45) is 0 Å². The van der Waals surface area contributed by atoms with E-state index in [1.807, 2.05) is 0 Å². The van der Waals surface area contributed by atoms with Crippen LogP contribution in [0, 0.1) is 0 Å². The summed E-state index contributed by atoms with van der Waals surface area (Å²) >= 11 is 5.83. The molecule has 0 saturated heterocycles. The topological polar surface area (TPSA) is 135 Å². The molecule has 0 aliphatic rings. The van der Waals surface area contributed by atoms with Crippen molar-refractivity contribution in [2.45, 2.75) is 49.5 Å². The molecule has 0 aliphatic carbocycles. The summed E-state index contributed by atoms with van der Waals surface area (Å²) in [5.41, 5.74) is 0. The fraction of sp³-hybridized carbons (Fsp3) is 0.409. The number of hydrogen-bond acceptors (Lipinski definition) is 6. The molecule has 1 aromatic heterocycles. The molecule has 0 fully saturated rings. The van der Waals surface area contributed by atoms with Crippen molar-refractivity contribution >= 4 is 45.9 Å². The highest BCUT2D eigenvalue weighted by Gasteiger charge is 2.26. The Kier molecular flexibility index (Phi) is 13.5. The first-order chi connectivity index (χ1) is 15.8. The number of nitrogens with one attached hydrogen (secondary N) is 2. The van der Waals surface area contributed by atoms with Gasteiger partial charge in [0.1, 0.15) is 18.4 Å². The van der Waals surface area contributed by atoms with Gasteiger partial charge in [-0.1, -0.05) is 30.9 Å². The molecule has 2 rings (SSSR count). The molecule has 3 N–H and O–H groups in total. The fourth-order valence-electron chi connectivity index (χ4n) is 2.91. The molecule has 9 nitrogen and oxygen atoms in total. The molecule has 2 aromatic rings. The van der Waals surface area contributed by atoms with Gasteiger partial charge in [0.25, 0.3) is 0 Å². The number of pyridine rings is 1. The predicted molar refractivity (Wildman–Crippen MR) is 131 cm³/mol. The van der Waals surface area contributed by atoms with Crippen LogP contribution in [0.1, 0.15) is 38.5 Å². The standard InChI is InChI=1S/C22H28ClN3O6S.ClH/c23-17-9-11-19(12-10-17)33(30,31)26-20(16-32-18-7-6-13-24-15-18)22(29)25-14-5-3-1-2-4-8-21(27)28;/h6-7,9-13,15,20,26H,1-5,8,14,16H2,(H,25,29)(H,27,28);1H. The summed E-state index contributed by atoms with van der Waals surface area (Å²) in [5, 5.41) is 11.8. The van der Waals surface area contributed by atoms with Crippen molar-refractivity contribution in [3.8, 4) is 5.75 Å². The van der Waals surface area contributed by atoms with E-state index in [0.29, 0.717) is 30.2 Å². The summed E-state index contributed by atoms with van der Waals surface area (Å²) in [7, 11) is -3.99. The second-order valence-corrected chi connectivity index (χ2v) is 9.48. The number of rotatable bonds is 15. The normalized spacial score (nSPS) is 11.8. The molecule has 1 unspecified atom stereocenters. The van der Waals surface area contributed by atoms with Crippen LogP contribution in [0.3, 0.4) is 0 Å². The highest BCUT2D eigenvalue weighted by atomic mass is 35.5. The Bertz CT molecular complexity index is 991. The number of carbonyl (C=O) groups is 2. The number of carbonyl (C=O) groups excluding carboxylic acids is 1. The molecule has 188 valence electrons. The first-order valence-electron chi connectivity index (χ1n) is 10.6. The number of unbranched alkanes of at least 4 members (excludes halogenated alkanes) is 4. The van der Waals surface area contributed by atoms with E-state index in [4.69, 9.17) is 21.4 Å². The summed E-state index contributed by atoms with van der Waals surface area (Å²) in [6, 6.07) is 7.76. The van der Waals surface area contributed by atoms with E-state index in [1.165, 1.54) is 30.5 Å². The molecule has 1 heterocycles. The van der Waals surface area contributed by atoms with Crippen molar-refractivity contribution in [3.05, 3.63) is 53.8 Å². The van der Waals surface area contributed by atoms with Gasteiger partial charge in [-0.2, -0.15) is 4.72 Å². The molecular formula is C22H29Cl2N3O6S. The average Bonchev–Trinajstić information content (AvgIpc) is 2.79.